The highest BCUT2D eigenvalue weighted by molar-refractivity contribution is 6.02. The number of aldehydes is 1. The van der Waals surface area contributed by atoms with Gasteiger partial charge in [-0.25, -0.2) is 4.79 Å². The second-order valence-electron chi connectivity index (χ2n) is 4.98. The van der Waals surface area contributed by atoms with Crippen molar-refractivity contribution in [2.75, 3.05) is 0 Å². The number of benzene rings is 3. The van der Waals surface area contributed by atoms with Gasteiger partial charge in [-0.15, -0.1) is 0 Å². The molecule has 0 unspecified atom stereocenters. The lowest BCUT2D eigenvalue weighted by Gasteiger charge is -2.07. The van der Waals surface area contributed by atoms with Crippen molar-refractivity contribution in [1.29, 1.82) is 0 Å². The number of fused-ring (bicyclic) bond motifs is 1. The minimum absolute atomic E-state index is 0.265. The average Bonchev–Trinajstić information content (AvgIpc) is 2.60. The van der Waals surface area contributed by atoms with E-state index in [1.807, 2.05) is 60.7 Å². The molecule has 3 aromatic carbocycles. The van der Waals surface area contributed by atoms with Crippen molar-refractivity contribution in [2.24, 2.45) is 0 Å². The Morgan fingerprint density at radius 1 is 0.870 bits per heavy atom. The van der Waals surface area contributed by atoms with Gasteiger partial charge in [0, 0.05) is 6.08 Å². The van der Waals surface area contributed by atoms with Crippen LogP contribution >= 0.6 is 0 Å². The number of carbonyl (C=O) groups excluding carboxylic acids is 2. The van der Waals surface area contributed by atoms with Gasteiger partial charge in [0.05, 0.1) is 5.56 Å². The third-order valence-electron chi connectivity index (χ3n) is 3.47. The summed E-state index contributed by atoms with van der Waals surface area (Å²) in [5, 5.41) is 1.69. The van der Waals surface area contributed by atoms with Crippen LogP contribution in [0.2, 0.25) is 0 Å². The molecule has 0 amide bonds. The van der Waals surface area contributed by atoms with E-state index in [4.69, 9.17) is 4.74 Å². The van der Waals surface area contributed by atoms with Crippen LogP contribution in [0.15, 0.2) is 72.8 Å². The molecule has 0 spiro atoms. The molecule has 0 aromatic heterocycles. The average molecular weight is 302 g/mol. The first kappa shape index (κ1) is 14.7. The highest BCUT2D eigenvalue weighted by Crippen LogP contribution is 2.26. The van der Waals surface area contributed by atoms with Gasteiger partial charge >= 0.3 is 5.97 Å². The van der Waals surface area contributed by atoms with Gasteiger partial charge in [0.15, 0.2) is 6.29 Å². The third kappa shape index (κ3) is 3.35. The van der Waals surface area contributed by atoms with Crippen LogP contribution in [-0.4, -0.2) is 12.3 Å². The van der Waals surface area contributed by atoms with Crippen LogP contribution < -0.4 is 4.74 Å². The summed E-state index contributed by atoms with van der Waals surface area (Å²) in [6.45, 7) is 0. The Balaban J connectivity index is 1.85. The molecule has 0 bridgehead atoms. The fourth-order valence-corrected chi connectivity index (χ4v) is 2.36. The van der Waals surface area contributed by atoms with E-state index >= 15 is 0 Å². The molecule has 0 heterocycles. The maximum Gasteiger partial charge on any atom is 0.336 e. The lowest BCUT2D eigenvalue weighted by molar-refractivity contribution is -0.128. The quantitative estimate of drug-likeness (QED) is 0.313. The molecular formula is C20H14O3. The summed E-state index contributed by atoms with van der Waals surface area (Å²) in [6.07, 6.45) is 3.73. The van der Waals surface area contributed by atoms with Crippen LogP contribution in [0.25, 0.3) is 16.8 Å². The van der Waals surface area contributed by atoms with Crippen molar-refractivity contribution in [3.63, 3.8) is 0 Å². The molecule has 0 aliphatic carbocycles. The van der Waals surface area contributed by atoms with Crippen LogP contribution in [0.3, 0.4) is 0 Å². The molecule has 23 heavy (non-hydrogen) atoms. The third-order valence-corrected chi connectivity index (χ3v) is 3.47. The Morgan fingerprint density at radius 2 is 1.61 bits per heavy atom. The predicted molar refractivity (Wildman–Crippen MR) is 90.4 cm³/mol. The fourth-order valence-electron chi connectivity index (χ4n) is 2.36. The molecule has 0 fully saturated rings. The van der Waals surface area contributed by atoms with Crippen molar-refractivity contribution in [3.8, 4) is 5.75 Å². The lowest BCUT2D eigenvalue weighted by Crippen LogP contribution is -2.06. The van der Waals surface area contributed by atoms with Crippen molar-refractivity contribution < 1.29 is 14.3 Å². The molecule has 0 radical (unpaired) electrons. The van der Waals surface area contributed by atoms with E-state index < -0.39 is 5.97 Å². The molecule has 0 N–H and O–H groups in total. The molecule has 3 rings (SSSR count). The summed E-state index contributed by atoms with van der Waals surface area (Å²) in [5.41, 5.74) is 1.28. The number of hydrogen-bond acceptors (Lipinski definition) is 3. The fraction of sp³-hybridized carbons (Fsp3) is 0. The van der Waals surface area contributed by atoms with Crippen molar-refractivity contribution in [1.82, 2.24) is 0 Å². The normalized spacial score (nSPS) is 10.8. The van der Waals surface area contributed by atoms with E-state index in [2.05, 4.69) is 0 Å². The van der Waals surface area contributed by atoms with Gasteiger partial charge in [-0.1, -0.05) is 60.7 Å². The van der Waals surface area contributed by atoms with Gasteiger partial charge in [-0.05, 0) is 28.5 Å². The maximum atomic E-state index is 12.0. The van der Waals surface area contributed by atoms with E-state index in [9.17, 15) is 9.59 Å². The molecule has 112 valence electrons. The SMILES string of the molecule is O=Cc1c(OC(=O)/C=C/c2ccccc2)ccc2ccccc12. The van der Waals surface area contributed by atoms with E-state index in [0.717, 1.165) is 16.3 Å². The molecule has 0 saturated heterocycles. The second-order valence-corrected chi connectivity index (χ2v) is 4.98. The van der Waals surface area contributed by atoms with Crippen LogP contribution in [0.5, 0.6) is 5.75 Å². The van der Waals surface area contributed by atoms with E-state index in [0.29, 0.717) is 11.8 Å². The van der Waals surface area contributed by atoms with Gasteiger partial charge in [-0.3, -0.25) is 4.79 Å². The predicted octanol–water partition coefficient (Wildman–Crippen LogP) is 4.27. The summed E-state index contributed by atoms with van der Waals surface area (Å²) in [5.74, 6) is -0.256. The van der Waals surface area contributed by atoms with Gasteiger partial charge in [0.25, 0.3) is 0 Å². The topological polar surface area (TPSA) is 43.4 Å². The summed E-state index contributed by atoms with van der Waals surface area (Å²) in [6, 6.07) is 20.4. The summed E-state index contributed by atoms with van der Waals surface area (Å²) in [7, 11) is 0. The number of esters is 1. The highest BCUT2D eigenvalue weighted by atomic mass is 16.5. The van der Waals surface area contributed by atoms with Gasteiger partial charge in [0.1, 0.15) is 5.75 Å². The maximum absolute atomic E-state index is 12.0. The Hall–Kier alpha value is -3.20. The van der Waals surface area contributed by atoms with E-state index in [-0.39, 0.29) is 5.75 Å². The van der Waals surface area contributed by atoms with Crippen molar-refractivity contribution >= 4 is 29.1 Å². The van der Waals surface area contributed by atoms with Crippen LogP contribution in [0.4, 0.5) is 0 Å². The molecule has 3 nitrogen and oxygen atoms in total. The van der Waals surface area contributed by atoms with Crippen molar-refractivity contribution in [2.45, 2.75) is 0 Å². The van der Waals surface area contributed by atoms with Crippen LogP contribution in [-0.2, 0) is 4.79 Å². The molecule has 0 saturated carbocycles. The highest BCUT2D eigenvalue weighted by Gasteiger charge is 2.10. The first-order valence-corrected chi connectivity index (χ1v) is 7.20. The largest absolute Gasteiger partial charge is 0.423 e. The Kier molecular flexibility index (Phi) is 4.29. The minimum Gasteiger partial charge on any atom is -0.423 e. The minimum atomic E-state index is -0.521. The van der Waals surface area contributed by atoms with Gasteiger partial charge in [0.2, 0.25) is 0 Å². The second kappa shape index (κ2) is 6.71. The zero-order valence-corrected chi connectivity index (χ0v) is 12.3. The Labute approximate surface area is 133 Å². The first-order valence-electron chi connectivity index (χ1n) is 7.20. The Morgan fingerprint density at radius 3 is 2.39 bits per heavy atom. The monoisotopic (exact) mass is 302 g/mol. The number of rotatable bonds is 4. The zero-order valence-electron chi connectivity index (χ0n) is 12.3. The number of ether oxygens (including phenoxy) is 1. The van der Waals surface area contributed by atoms with E-state index in [1.54, 1.807) is 12.1 Å². The van der Waals surface area contributed by atoms with Gasteiger partial charge in [-0.2, -0.15) is 0 Å². The summed E-state index contributed by atoms with van der Waals surface area (Å²) >= 11 is 0. The van der Waals surface area contributed by atoms with E-state index in [1.165, 1.54) is 6.08 Å². The molecule has 3 aromatic rings. The molecule has 0 atom stereocenters. The molecule has 0 aliphatic heterocycles. The zero-order chi connectivity index (χ0) is 16.1. The number of carbonyl (C=O) groups is 2. The standard InChI is InChI=1S/C20H14O3/c21-14-18-17-9-5-4-8-16(17)11-12-19(18)23-20(22)13-10-15-6-2-1-3-7-15/h1-14H/b13-10+. The Bertz CT molecular complexity index is 880. The smallest absolute Gasteiger partial charge is 0.336 e. The number of hydrogen-bond donors (Lipinski definition) is 0. The molecule has 0 aliphatic rings. The van der Waals surface area contributed by atoms with Crippen LogP contribution in [0, 0.1) is 0 Å². The van der Waals surface area contributed by atoms with Gasteiger partial charge < -0.3 is 4.74 Å². The lowest BCUT2D eigenvalue weighted by atomic mass is 10.0. The first-order chi connectivity index (χ1) is 11.3. The van der Waals surface area contributed by atoms with Crippen LogP contribution in [0.1, 0.15) is 15.9 Å². The summed E-state index contributed by atoms with van der Waals surface area (Å²) in [4.78, 5) is 23.4. The molecule has 3 heteroatoms. The molecular weight excluding hydrogens is 288 g/mol. The summed E-state index contributed by atoms with van der Waals surface area (Å²) < 4.78 is 5.31. The van der Waals surface area contributed by atoms with Crippen molar-refractivity contribution in [3.05, 3.63) is 83.9 Å².